The van der Waals surface area contributed by atoms with Gasteiger partial charge in [-0.05, 0) is 37.0 Å². The maximum atomic E-state index is 12.8. The third-order valence-corrected chi connectivity index (χ3v) is 4.02. The molecule has 0 saturated heterocycles. The summed E-state index contributed by atoms with van der Waals surface area (Å²) in [5, 5.41) is 4.22. The number of fused-ring (bicyclic) bond motifs is 1. The molecule has 0 aliphatic carbocycles. The zero-order valence-corrected chi connectivity index (χ0v) is 13.8. The van der Waals surface area contributed by atoms with Crippen molar-refractivity contribution in [3.8, 4) is 5.69 Å². The number of aryl methyl sites for hydroxylation is 1. The first kappa shape index (κ1) is 15.3. The predicted molar refractivity (Wildman–Crippen MR) is 89.4 cm³/mol. The maximum absolute atomic E-state index is 12.8. The molecule has 0 bridgehead atoms. The third-order valence-electron chi connectivity index (χ3n) is 4.02. The third kappa shape index (κ3) is 2.50. The molecule has 6 heteroatoms. The summed E-state index contributed by atoms with van der Waals surface area (Å²) in [5.41, 5.74) is 2.53. The summed E-state index contributed by atoms with van der Waals surface area (Å²) in [6, 6.07) is 5.81. The summed E-state index contributed by atoms with van der Waals surface area (Å²) < 4.78 is 4.21. The smallest absolute Gasteiger partial charge is 0.279 e. The lowest BCUT2D eigenvalue weighted by molar-refractivity contribution is 0.471. The molecule has 3 aromatic rings. The molecule has 2 heterocycles. The van der Waals surface area contributed by atoms with Crippen molar-refractivity contribution in [2.75, 3.05) is 0 Å². The fourth-order valence-corrected chi connectivity index (χ4v) is 2.66. The first-order valence-electron chi connectivity index (χ1n) is 7.67. The maximum Gasteiger partial charge on any atom is 0.350 e. The molecule has 2 aromatic heterocycles. The molecule has 23 heavy (non-hydrogen) atoms. The molecule has 0 aliphatic rings. The first-order chi connectivity index (χ1) is 10.9. The molecule has 0 amide bonds. The molecule has 0 N–H and O–H groups in total. The first-order valence-corrected chi connectivity index (χ1v) is 7.67. The average Bonchev–Trinajstić information content (AvgIpc) is 2.80. The number of benzene rings is 1. The van der Waals surface area contributed by atoms with Crippen molar-refractivity contribution in [3.63, 3.8) is 0 Å². The summed E-state index contributed by atoms with van der Waals surface area (Å²) in [5.74, 6) is 0.277. The molecule has 0 atom stereocenters. The van der Waals surface area contributed by atoms with Crippen LogP contribution in [0.4, 0.5) is 0 Å². The fourth-order valence-electron chi connectivity index (χ4n) is 2.66. The number of hydrogen-bond acceptors (Lipinski definition) is 3. The van der Waals surface area contributed by atoms with Crippen LogP contribution in [0.5, 0.6) is 0 Å². The highest BCUT2D eigenvalue weighted by Crippen LogP contribution is 2.15. The fraction of sp³-hybridized carbons (Fsp3) is 0.353. The predicted octanol–water partition coefficient (Wildman–Crippen LogP) is 1.92. The molecule has 0 fully saturated rings. The monoisotopic (exact) mass is 312 g/mol. The number of nitrogens with zero attached hydrogens (tertiary/aromatic N) is 4. The topological polar surface area (TPSA) is 61.3 Å². The highest BCUT2D eigenvalue weighted by molar-refractivity contribution is 5.47. The van der Waals surface area contributed by atoms with E-state index in [1.54, 1.807) is 17.0 Å². The van der Waals surface area contributed by atoms with Crippen molar-refractivity contribution in [1.82, 2.24) is 18.7 Å². The Hall–Kier alpha value is -2.63. The molecule has 0 radical (unpaired) electrons. The molecule has 3 rings (SSSR count). The van der Waals surface area contributed by atoms with Crippen molar-refractivity contribution < 1.29 is 0 Å². The van der Waals surface area contributed by atoms with E-state index in [1.165, 1.54) is 9.08 Å². The Morgan fingerprint density at radius 1 is 1.13 bits per heavy atom. The van der Waals surface area contributed by atoms with E-state index >= 15 is 0 Å². The zero-order valence-electron chi connectivity index (χ0n) is 13.8. The second kappa shape index (κ2) is 5.53. The molecule has 0 saturated carbocycles. The molecule has 120 valence electrons. The van der Waals surface area contributed by atoms with Crippen LogP contribution in [-0.2, 0) is 6.54 Å². The Balaban J connectivity index is 2.26. The van der Waals surface area contributed by atoms with Crippen LogP contribution in [-0.4, -0.2) is 18.7 Å². The summed E-state index contributed by atoms with van der Waals surface area (Å²) in [6.07, 6.45) is 3.23. The quantitative estimate of drug-likeness (QED) is 0.742. The van der Waals surface area contributed by atoms with Crippen LogP contribution in [0.15, 0.2) is 40.2 Å². The van der Waals surface area contributed by atoms with Gasteiger partial charge in [-0.15, -0.1) is 5.10 Å². The molecule has 1 aromatic carbocycles. The Bertz CT molecular complexity index is 992. The van der Waals surface area contributed by atoms with Crippen LogP contribution >= 0.6 is 0 Å². The Labute approximate surface area is 133 Å². The van der Waals surface area contributed by atoms with Gasteiger partial charge in [0.05, 0.1) is 5.69 Å². The Kier molecular flexibility index (Phi) is 3.67. The van der Waals surface area contributed by atoms with Gasteiger partial charge < -0.3 is 0 Å². The molecule has 0 spiro atoms. The number of aromatic nitrogens is 4. The normalized spacial score (nSPS) is 11.5. The highest BCUT2D eigenvalue weighted by Gasteiger charge is 2.14. The minimum atomic E-state index is -0.291. The second-order valence-corrected chi connectivity index (χ2v) is 6.24. The van der Waals surface area contributed by atoms with Gasteiger partial charge in [-0.25, -0.2) is 13.9 Å². The lowest BCUT2D eigenvalue weighted by atomic mass is 10.1. The van der Waals surface area contributed by atoms with Gasteiger partial charge in [0.25, 0.3) is 0 Å². The van der Waals surface area contributed by atoms with Gasteiger partial charge in [0, 0.05) is 18.9 Å². The minimum Gasteiger partial charge on any atom is -0.279 e. The van der Waals surface area contributed by atoms with Crippen molar-refractivity contribution in [1.29, 1.82) is 0 Å². The molecule has 6 nitrogen and oxygen atoms in total. The standard InChI is InChI=1S/C17H20N4O2/c1-11(2)10-21-17(23)20-9-8-19(16(22)15(20)18-21)14-7-5-6-12(3)13(14)4/h5-9,11H,10H2,1-4H3. The highest BCUT2D eigenvalue weighted by atomic mass is 16.2. The number of rotatable bonds is 3. The van der Waals surface area contributed by atoms with E-state index in [9.17, 15) is 9.59 Å². The molecular weight excluding hydrogens is 292 g/mol. The summed E-state index contributed by atoms with van der Waals surface area (Å²) in [4.78, 5) is 25.1. The van der Waals surface area contributed by atoms with Gasteiger partial charge in [-0.1, -0.05) is 26.0 Å². The summed E-state index contributed by atoms with van der Waals surface area (Å²) >= 11 is 0. The van der Waals surface area contributed by atoms with Crippen molar-refractivity contribution in [2.24, 2.45) is 5.92 Å². The van der Waals surface area contributed by atoms with Crippen LogP contribution in [0, 0.1) is 19.8 Å². The molecule has 0 aliphatic heterocycles. The molecule has 0 unspecified atom stereocenters. The van der Waals surface area contributed by atoms with Crippen LogP contribution in [0.25, 0.3) is 11.3 Å². The Morgan fingerprint density at radius 3 is 2.57 bits per heavy atom. The molecular formula is C17H20N4O2. The van der Waals surface area contributed by atoms with Crippen LogP contribution in [0.1, 0.15) is 25.0 Å². The van der Waals surface area contributed by atoms with Crippen LogP contribution in [0.2, 0.25) is 0 Å². The number of hydrogen-bond donors (Lipinski definition) is 0. The lowest BCUT2D eigenvalue weighted by Crippen LogP contribution is -2.25. The van der Waals surface area contributed by atoms with E-state index in [1.807, 2.05) is 45.9 Å². The largest absolute Gasteiger partial charge is 0.350 e. The Morgan fingerprint density at radius 2 is 1.87 bits per heavy atom. The zero-order chi connectivity index (χ0) is 16.7. The van der Waals surface area contributed by atoms with E-state index in [4.69, 9.17) is 0 Å². The van der Waals surface area contributed by atoms with Gasteiger partial charge in [-0.2, -0.15) is 0 Å². The van der Waals surface area contributed by atoms with Crippen LogP contribution in [0.3, 0.4) is 0 Å². The lowest BCUT2D eigenvalue weighted by Gasteiger charge is -2.10. The summed E-state index contributed by atoms with van der Waals surface area (Å²) in [6.45, 7) is 8.48. The van der Waals surface area contributed by atoms with Crippen molar-refractivity contribution in [3.05, 3.63) is 62.6 Å². The van der Waals surface area contributed by atoms with E-state index in [0.29, 0.717) is 6.54 Å². The summed E-state index contributed by atoms with van der Waals surface area (Å²) in [7, 11) is 0. The van der Waals surface area contributed by atoms with Crippen molar-refractivity contribution in [2.45, 2.75) is 34.2 Å². The van der Waals surface area contributed by atoms with Gasteiger partial charge in [0.1, 0.15) is 0 Å². The second-order valence-electron chi connectivity index (χ2n) is 6.24. The van der Waals surface area contributed by atoms with Gasteiger partial charge in [0.15, 0.2) is 0 Å². The van der Waals surface area contributed by atoms with E-state index in [2.05, 4.69) is 5.10 Å². The van der Waals surface area contributed by atoms with Gasteiger partial charge in [-0.3, -0.25) is 9.36 Å². The van der Waals surface area contributed by atoms with Gasteiger partial charge in [0.2, 0.25) is 5.65 Å². The van der Waals surface area contributed by atoms with E-state index in [-0.39, 0.29) is 22.8 Å². The van der Waals surface area contributed by atoms with Crippen LogP contribution < -0.4 is 11.2 Å². The SMILES string of the molecule is Cc1cccc(-n2ccn3c(=O)n(CC(C)C)nc3c2=O)c1C. The van der Waals surface area contributed by atoms with E-state index < -0.39 is 0 Å². The van der Waals surface area contributed by atoms with Gasteiger partial charge >= 0.3 is 11.2 Å². The average molecular weight is 312 g/mol. The van der Waals surface area contributed by atoms with Crippen molar-refractivity contribution >= 4 is 5.65 Å². The minimum absolute atomic E-state index is 0.152. The van der Waals surface area contributed by atoms with E-state index in [0.717, 1.165) is 16.8 Å².